The molecule has 2 heterocycles. The molecule has 0 radical (unpaired) electrons. The van der Waals surface area contributed by atoms with Gasteiger partial charge < -0.3 is 0 Å². The molecule has 2 rings (SSSR count). The topological polar surface area (TPSA) is 74.8 Å². The number of H-pyrrole nitrogens is 1. The van der Waals surface area contributed by atoms with E-state index in [0.717, 1.165) is 27.9 Å². The van der Waals surface area contributed by atoms with Crippen molar-refractivity contribution in [2.45, 2.75) is 24.0 Å². The van der Waals surface area contributed by atoms with Crippen molar-refractivity contribution in [1.29, 1.82) is 0 Å². The van der Waals surface area contributed by atoms with Gasteiger partial charge >= 0.3 is 0 Å². The minimum Gasteiger partial charge on any atom is -0.283 e. The van der Waals surface area contributed by atoms with E-state index in [9.17, 15) is 8.42 Å². The molecule has 2 aromatic rings. The number of aromatic amines is 1. The van der Waals surface area contributed by atoms with E-state index in [1.807, 2.05) is 6.92 Å². The molecule has 0 aliphatic carbocycles. The van der Waals surface area contributed by atoms with E-state index < -0.39 is 10.0 Å². The van der Waals surface area contributed by atoms with Crippen molar-refractivity contribution in [2.24, 2.45) is 0 Å². The number of rotatable bonds is 6. The molecule has 5 nitrogen and oxygen atoms in total. The highest BCUT2D eigenvalue weighted by molar-refractivity contribution is 9.11. The second-order valence-corrected chi connectivity index (χ2v) is 8.54. The van der Waals surface area contributed by atoms with Crippen molar-refractivity contribution in [1.82, 2.24) is 14.9 Å². The first-order valence-electron chi connectivity index (χ1n) is 5.73. The maximum Gasteiger partial charge on any atom is 0.250 e. The summed E-state index contributed by atoms with van der Waals surface area (Å²) in [5.74, 6) is 0. The van der Waals surface area contributed by atoms with Crippen molar-refractivity contribution in [2.75, 3.05) is 6.54 Å². The molecule has 0 saturated carbocycles. The van der Waals surface area contributed by atoms with E-state index in [1.165, 1.54) is 11.3 Å². The van der Waals surface area contributed by atoms with Crippen molar-refractivity contribution in [3.05, 3.63) is 33.4 Å². The Hall–Kier alpha value is -0.700. The predicted molar refractivity (Wildman–Crippen MR) is 78.9 cm³/mol. The highest BCUT2D eigenvalue weighted by atomic mass is 79.9. The van der Waals surface area contributed by atoms with Gasteiger partial charge in [-0.05, 0) is 53.4 Å². The second kappa shape index (κ2) is 6.17. The lowest BCUT2D eigenvalue weighted by molar-refractivity contribution is 0.581. The van der Waals surface area contributed by atoms with Crippen LogP contribution < -0.4 is 4.72 Å². The van der Waals surface area contributed by atoms with Crippen LogP contribution in [0.3, 0.4) is 0 Å². The Bertz CT molecular complexity index is 648. The normalized spacial score (nSPS) is 11.9. The lowest BCUT2D eigenvalue weighted by atomic mass is 10.1. The zero-order valence-corrected chi connectivity index (χ0v) is 13.5. The monoisotopic (exact) mass is 363 g/mol. The van der Waals surface area contributed by atoms with E-state index in [1.54, 1.807) is 18.3 Å². The van der Waals surface area contributed by atoms with Gasteiger partial charge in [0.25, 0.3) is 0 Å². The van der Waals surface area contributed by atoms with Gasteiger partial charge in [0.1, 0.15) is 4.21 Å². The maximum absolute atomic E-state index is 11.9. The van der Waals surface area contributed by atoms with Gasteiger partial charge in [-0.2, -0.15) is 5.10 Å². The molecule has 0 bridgehead atoms. The van der Waals surface area contributed by atoms with Gasteiger partial charge in [0, 0.05) is 12.2 Å². The number of hydrogen-bond acceptors (Lipinski definition) is 4. The molecule has 0 unspecified atom stereocenters. The number of thiophene rings is 1. The number of sulfonamides is 1. The molecule has 104 valence electrons. The number of nitrogens with zero attached hydrogens (tertiary/aromatic N) is 1. The lowest BCUT2D eigenvalue weighted by Gasteiger charge is -2.04. The molecular weight excluding hydrogens is 350 g/mol. The average Bonchev–Trinajstić information content (AvgIpc) is 2.94. The van der Waals surface area contributed by atoms with E-state index in [0.29, 0.717) is 10.8 Å². The SMILES string of the molecule is Cc1[nH]ncc1CCCNS(=O)(=O)c1ccc(Br)s1. The van der Waals surface area contributed by atoms with Gasteiger partial charge in [0.2, 0.25) is 10.0 Å². The fraction of sp³-hybridized carbons (Fsp3) is 0.364. The Kier molecular flexibility index (Phi) is 4.77. The van der Waals surface area contributed by atoms with Crippen molar-refractivity contribution in [3.8, 4) is 0 Å². The van der Waals surface area contributed by atoms with Crippen LogP contribution in [0.15, 0.2) is 26.3 Å². The third-order valence-electron chi connectivity index (χ3n) is 2.66. The van der Waals surface area contributed by atoms with Crippen LogP contribution in [-0.2, 0) is 16.4 Å². The van der Waals surface area contributed by atoms with Crippen LogP contribution in [0.25, 0.3) is 0 Å². The maximum atomic E-state index is 11.9. The number of halogens is 1. The third-order valence-corrected chi connectivity index (χ3v) is 6.24. The van der Waals surface area contributed by atoms with E-state index in [4.69, 9.17) is 0 Å². The molecule has 0 aliphatic rings. The zero-order chi connectivity index (χ0) is 13.9. The minimum absolute atomic E-state index is 0.332. The van der Waals surface area contributed by atoms with Gasteiger partial charge in [-0.15, -0.1) is 11.3 Å². The standard InChI is InChI=1S/C11H14BrN3O2S2/c1-8-9(7-13-15-8)3-2-6-14-19(16,17)11-5-4-10(12)18-11/h4-5,7,14H,2-3,6H2,1H3,(H,13,15). The summed E-state index contributed by atoms with van der Waals surface area (Å²) in [4.78, 5) is 0. The van der Waals surface area contributed by atoms with Crippen molar-refractivity contribution >= 4 is 37.3 Å². The molecule has 0 atom stereocenters. The highest BCUT2D eigenvalue weighted by Gasteiger charge is 2.15. The number of aryl methyl sites for hydroxylation is 2. The van der Waals surface area contributed by atoms with Gasteiger partial charge in [0.05, 0.1) is 9.98 Å². The van der Waals surface area contributed by atoms with E-state index >= 15 is 0 Å². The summed E-state index contributed by atoms with van der Waals surface area (Å²) < 4.78 is 27.6. The molecular formula is C11H14BrN3O2S2. The predicted octanol–water partition coefficient (Wildman–Crippen LogP) is 2.45. The molecule has 0 aromatic carbocycles. The highest BCUT2D eigenvalue weighted by Crippen LogP contribution is 2.25. The molecule has 8 heteroatoms. The molecule has 2 aromatic heterocycles. The van der Waals surface area contributed by atoms with Crippen LogP contribution in [0.4, 0.5) is 0 Å². The molecule has 0 fully saturated rings. The van der Waals surface area contributed by atoms with Gasteiger partial charge in [-0.1, -0.05) is 0 Å². The van der Waals surface area contributed by atoms with Crippen LogP contribution in [0.5, 0.6) is 0 Å². The molecule has 0 aliphatic heterocycles. The molecule has 19 heavy (non-hydrogen) atoms. The van der Waals surface area contributed by atoms with Crippen LogP contribution in [-0.4, -0.2) is 25.2 Å². The molecule has 2 N–H and O–H groups in total. The van der Waals surface area contributed by atoms with Gasteiger partial charge in [0.15, 0.2) is 0 Å². The lowest BCUT2D eigenvalue weighted by Crippen LogP contribution is -2.24. The first-order valence-corrected chi connectivity index (χ1v) is 8.82. The Morgan fingerprint density at radius 1 is 1.47 bits per heavy atom. The Morgan fingerprint density at radius 3 is 2.84 bits per heavy atom. The van der Waals surface area contributed by atoms with Crippen molar-refractivity contribution < 1.29 is 8.42 Å². The molecule has 0 amide bonds. The summed E-state index contributed by atoms with van der Waals surface area (Å²) in [6.07, 6.45) is 3.32. The third kappa shape index (κ3) is 3.88. The summed E-state index contributed by atoms with van der Waals surface area (Å²) >= 11 is 4.46. The first kappa shape index (κ1) is 14.7. The largest absolute Gasteiger partial charge is 0.283 e. The summed E-state index contributed by atoms with van der Waals surface area (Å²) in [6.45, 7) is 2.37. The van der Waals surface area contributed by atoms with Crippen LogP contribution in [0.2, 0.25) is 0 Å². The van der Waals surface area contributed by atoms with Crippen molar-refractivity contribution in [3.63, 3.8) is 0 Å². The minimum atomic E-state index is -3.38. The fourth-order valence-corrected chi connectivity index (χ4v) is 4.75. The summed E-state index contributed by atoms with van der Waals surface area (Å²) in [5.41, 5.74) is 2.16. The Balaban J connectivity index is 1.84. The summed E-state index contributed by atoms with van der Waals surface area (Å²) in [5, 5.41) is 6.79. The number of hydrogen-bond donors (Lipinski definition) is 2. The first-order chi connectivity index (χ1) is 8.99. The summed E-state index contributed by atoms with van der Waals surface area (Å²) in [7, 11) is -3.38. The second-order valence-electron chi connectivity index (χ2n) is 4.08. The molecule has 0 saturated heterocycles. The van der Waals surface area contributed by atoms with Crippen LogP contribution in [0.1, 0.15) is 17.7 Å². The van der Waals surface area contributed by atoms with E-state index in [-0.39, 0.29) is 0 Å². The average molecular weight is 364 g/mol. The van der Waals surface area contributed by atoms with Crippen LogP contribution >= 0.6 is 27.3 Å². The van der Waals surface area contributed by atoms with Gasteiger partial charge in [-0.25, -0.2) is 13.1 Å². The number of aromatic nitrogens is 2. The van der Waals surface area contributed by atoms with Gasteiger partial charge in [-0.3, -0.25) is 5.10 Å². The zero-order valence-electron chi connectivity index (χ0n) is 10.3. The quantitative estimate of drug-likeness (QED) is 0.774. The fourth-order valence-electron chi connectivity index (χ4n) is 1.63. The summed E-state index contributed by atoms with van der Waals surface area (Å²) in [6, 6.07) is 3.32. The van der Waals surface area contributed by atoms with E-state index in [2.05, 4.69) is 30.8 Å². The Labute approximate surface area is 124 Å². The Morgan fingerprint density at radius 2 is 2.26 bits per heavy atom. The van der Waals surface area contributed by atoms with Crippen LogP contribution in [0, 0.1) is 6.92 Å². The molecule has 0 spiro atoms. The smallest absolute Gasteiger partial charge is 0.250 e. The number of nitrogens with one attached hydrogen (secondary N) is 2.